The van der Waals surface area contributed by atoms with Crippen LogP contribution in [-0.4, -0.2) is 24.3 Å². The molecule has 0 unspecified atom stereocenters. The number of hydrogen-bond donors (Lipinski definition) is 0. The van der Waals surface area contributed by atoms with Gasteiger partial charge in [-0.3, -0.25) is 0 Å². The van der Waals surface area contributed by atoms with E-state index in [9.17, 15) is 17.2 Å². The summed E-state index contributed by atoms with van der Waals surface area (Å²) in [6.45, 7) is 0. The van der Waals surface area contributed by atoms with Crippen molar-refractivity contribution in [2.24, 2.45) is 0 Å². The number of hydrogen-bond acceptors (Lipinski definition) is 6. The smallest absolute Gasteiger partial charge is 0.341 e. The minimum atomic E-state index is -4.82. The van der Waals surface area contributed by atoms with Gasteiger partial charge in [0.2, 0.25) is 15.7 Å². The van der Waals surface area contributed by atoms with Crippen LogP contribution in [0.2, 0.25) is 0 Å². The molecule has 2 aromatic carbocycles. The highest BCUT2D eigenvalue weighted by atomic mass is 32.2. The Morgan fingerprint density at radius 3 is 2.50 bits per heavy atom. The fraction of sp³-hybridized carbons (Fsp3) is 0.0588. The maximum Gasteiger partial charge on any atom is 0.341 e. The van der Waals surface area contributed by atoms with Gasteiger partial charge in [-0.15, -0.1) is 0 Å². The third-order valence-electron chi connectivity index (χ3n) is 3.73. The van der Waals surface area contributed by atoms with E-state index < -0.39 is 20.5 Å². The summed E-state index contributed by atoms with van der Waals surface area (Å²) in [6, 6.07) is 14.2. The lowest BCUT2D eigenvalue weighted by Gasteiger charge is -2.06. The van der Waals surface area contributed by atoms with Gasteiger partial charge in [-0.2, -0.15) is 13.8 Å². The summed E-state index contributed by atoms with van der Waals surface area (Å²) in [5.41, 5.74) is 0.525. The number of alkyl halides is 2. The number of halogens is 2. The molecule has 0 aliphatic heterocycles. The molecule has 0 N–H and O–H groups in total. The molecule has 26 heavy (non-hydrogen) atoms. The standard InChI is InChI=1S/C17H10F2N2O4S/c18-17(19)26(22,23)14-8-4-2-6-11(14)16-20-15(21-25-16)13-9-10-5-1-3-7-12(10)24-13/h1-9,17H. The zero-order valence-electron chi connectivity index (χ0n) is 13.0. The summed E-state index contributed by atoms with van der Waals surface area (Å²) >= 11 is 0. The van der Waals surface area contributed by atoms with Gasteiger partial charge in [-0.05, 0) is 24.3 Å². The van der Waals surface area contributed by atoms with Crippen LogP contribution in [0.3, 0.4) is 0 Å². The molecular weight excluding hydrogens is 366 g/mol. The van der Waals surface area contributed by atoms with Gasteiger partial charge in [0, 0.05) is 5.39 Å². The second-order valence-electron chi connectivity index (χ2n) is 5.37. The first kappa shape index (κ1) is 16.4. The number of aromatic nitrogens is 2. The van der Waals surface area contributed by atoms with Crippen molar-refractivity contribution >= 4 is 20.8 Å². The largest absolute Gasteiger partial charge is 0.453 e. The second kappa shape index (κ2) is 6.03. The molecule has 0 saturated heterocycles. The van der Waals surface area contributed by atoms with Gasteiger partial charge in [0.1, 0.15) is 5.58 Å². The summed E-state index contributed by atoms with van der Waals surface area (Å²) in [7, 11) is -4.82. The fourth-order valence-electron chi connectivity index (χ4n) is 2.51. The molecule has 4 aromatic rings. The molecule has 0 atom stereocenters. The number of fused-ring (bicyclic) bond motifs is 1. The monoisotopic (exact) mass is 376 g/mol. The third kappa shape index (κ3) is 2.66. The van der Waals surface area contributed by atoms with Crippen LogP contribution in [0.1, 0.15) is 0 Å². The quantitative estimate of drug-likeness (QED) is 0.532. The molecular formula is C17H10F2N2O4S. The Labute approximate surface area is 146 Å². The van der Waals surface area contributed by atoms with Gasteiger partial charge in [0.05, 0.1) is 10.5 Å². The number of para-hydroxylation sites is 1. The predicted molar refractivity (Wildman–Crippen MR) is 88.1 cm³/mol. The molecule has 132 valence electrons. The highest BCUT2D eigenvalue weighted by Crippen LogP contribution is 2.32. The zero-order chi connectivity index (χ0) is 18.3. The number of furan rings is 1. The van der Waals surface area contributed by atoms with E-state index in [2.05, 4.69) is 10.1 Å². The molecule has 0 amide bonds. The summed E-state index contributed by atoms with van der Waals surface area (Å²) in [5, 5.41) is 4.59. The first-order valence-electron chi connectivity index (χ1n) is 7.41. The zero-order valence-corrected chi connectivity index (χ0v) is 13.8. The fourth-order valence-corrected chi connectivity index (χ4v) is 3.43. The van der Waals surface area contributed by atoms with Gasteiger partial charge >= 0.3 is 5.76 Å². The van der Waals surface area contributed by atoms with Crippen LogP contribution in [0.25, 0.3) is 34.0 Å². The van der Waals surface area contributed by atoms with E-state index in [0.717, 1.165) is 11.5 Å². The van der Waals surface area contributed by atoms with E-state index in [4.69, 9.17) is 8.94 Å². The maximum absolute atomic E-state index is 12.9. The van der Waals surface area contributed by atoms with Crippen molar-refractivity contribution < 1.29 is 26.1 Å². The van der Waals surface area contributed by atoms with E-state index in [1.165, 1.54) is 18.2 Å². The number of rotatable bonds is 4. The van der Waals surface area contributed by atoms with Gasteiger partial charge in [-0.25, -0.2) is 8.42 Å². The molecule has 0 bridgehead atoms. The van der Waals surface area contributed by atoms with Crippen molar-refractivity contribution in [1.29, 1.82) is 0 Å². The molecule has 0 fully saturated rings. The maximum atomic E-state index is 12.9. The van der Waals surface area contributed by atoms with Crippen LogP contribution in [0.15, 0.2) is 68.4 Å². The summed E-state index contributed by atoms with van der Waals surface area (Å²) < 4.78 is 60.3. The molecule has 6 nitrogen and oxygen atoms in total. The van der Waals surface area contributed by atoms with Crippen molar-refractivity contribution in [2.75, 3.05) is 0 Å². The van der Waals surface area contributed by atoms with Crippen LogP contribution < -0.4 is 0 Å². The van der Waals surface area contributed by atoms with E-state index in [-0.39, 0.29) is 17.3 Å². The number of benzene rings is 2. The Morgan fingerprint density at radius 2 is 1.73 bits per heavy atom. The van der Waals surface area contributed by atoms with Crippen molar-refractivity contribution in [3.05, 3.63) is 54.6 Å². The van der Waals surface area contributed by atoms with Crippen molar-refractivity contribution in [2.45, 2.75) is 10.7 Å². The van der Waals surface area contributed by atoms with E-state index in [1.54, 1.807) is 12.1 Å². The molecule has 0 aliphatic carbocycles. The minimum Gasteiger partial charge on any atom is -0.453 e. The Morgan fingerprint density at radius 1 is 1.00 bits per heavy atom. The van der Waals surface area contributed by atoms with E-state index in [0.29, 0.717) is 11.3 Å². The SMILES string of the molecule is O=S(=O)(c1ccccc1-c1nc(-c2cc3ccccc3o2)no1)C(F)F. The average molecular weight is 376 g/mol. The molecule has 9 heteroatoms. The van der Waals surface area contributed by atoms with Crippen LogP contribution in [0.4, 0.5) is 8.78 Å². The Bertz CT molecular complexity index is 1170. The lowest BCUT2D eigenvalue weighted by Crippen LogP contribution is -2.12. The molecule has 2 aromatic heterocycles. The molecule has 0 aliphatic rings. The summed E-state index contributed by atoms with van der Waals surface area (Å²) in [6.07, 6.45) is 0. The number of sulfone groups is 1. The molecule has 0 saturated carbocycles. The normalized spacial score (nSPS) is 12.1. The third-order valence-corrected chi connectivity index (χ3v) is 5.17. The van der Waals surface area contributed by atoms with Crippen LogP contribution in [0.5, 0.6) is 0 Å². The summed E-state index contributed by atoms with van der Waals surface area (Å²) in [4.78, 5) is 3.52. The average Bonchev–Trinajstić information content (AvgIpc) is 3.28. The molecule has 4 rings (SSSR count). The Kier molecular flexibility index (Phi) is 3.80. The minimum absolute atomic E-state index is 0.0837. The lowest BCUT2D eigenvalue weighted by molar-refractivity contribution is 0.235. The van der Waals surface area contributed by atoms with Gasteiger partial charge in [0.15, 0.2) is 5.76 Å². The van der Waals surface area contributed by atoms with Crippen molar-refractivity contribution in [1.82, 2.24) is 10.1 Å². The van der Waals surface area contributed by atoms with Crippen molar-refractivity contribution in [3.63, 3.8) is 0 Å². The first-order chi connectivity index (χ1) is 12.5. The summed E-state index contributed by atoms with van der Waals surface area (Å²) in [5.74, 6) is -3.35. The molecule has 0 radical (unpaired) electrons. The molecule has 0 spiro atoms. The highest BCUT2D eigenvalue weighted by Gasteiger charge is 2.31. The Balaban J connectivity index is 1.80. The highest BCUT2D eigenvalue weighted by molar-refractivity contribution is 7.91. The van der Waals surface area contributed by atoms with Crippen LogP contribution >= 0.6 is 0 Å². The van der Waals surface area contributed by atoms with E-state index in [1.807, 2.05) is 18.2 Å². The van der Waals surface area contributed by atoms with Gasteiger partial charge in [-0.1, -0.05) is 35.5 Å². The topological polar surface area (TPSA) is 86.2 Å². The van der Waals surface area contributed by atoms with Gasteiger partial charge in [0.25, 0.3) is 5.89 Å². The van der Waals surface area contributed by atoms with Crippen molar-refractivity contribution in [3.8, 4) is 23.0 Å². The van der Waals surface area contributed by atoms with Crippen LogP contribution in [-0.2, 0) is 9.84 Å². The molecule has 2 heterocycles. The first-order valence-corrected chi connectivity index (χ1v) is 8.95. The Hall–Kier alpha value is -3.07. The second-order valence-corrected chi connectivity index (χ2v) is 7.26. The lowest BCUT2D eigenvalue weighted by atomic mass is 10.2. The predicted octanol–water partition coefficient (Wildman–Crippen LogP) is 4.15. The van der Waals surface area contributed by atoms with Gasteiger partial charge < -0.3 is 8.94 Å². The van der Waals surface area contributed by atoms with Crippen LogP contribution in [0, 0.1) is 0 Å². The number of nitrogens with zero attached hydrogens (tertiary/aromatic N) is 2. The van der Waals surface area contributed by atoms with E-state index >= 15 is 0 Å².